The summed E-state index contributed by atoms with van der Waals surface area (Å²) in [5, 5.41) is 21.7. The van der Waals surface area contributed by atoms with Crippen molar-refractivity contribution in [2.24, 2.45) is 5.92 Å². The van der Waals surface area contributed by atoms with Gasteiger partial charge >= 0.3 is 5.97 Å². The fourth-order valence-corrected chi connectivity index (χ4v) is 11.2. The normalized spacial score (nSPS) is 20.2. The lowest BCUT2D eigenvalue weighted by atomic mass is 9.64. The standard InChI is InChI=1S/C65H67N3O6S2/c1-44(2)60-56(69)41-58(71)74-64(43-76,54(30-19-39-75)47-35-37-50(38-36-47)59(48-20-9-4-10-21-48)49-22-11-5-12-23-49)42-57(70)66-55(40-46-33-31-45(3)32-34-46)62(72)68-61(63(73)67-60)65(51-24-13-6-14-25-51,52-26-15-7-16-27-52)53-28-17-8-18-29-53/h4-18,20-38,44,55-56,59-61,69,75-76H,19,39-43H2,1-3H3,(H,66,70)(H,67,73)(H,68,72)/t55?,56-,60+,61?,64?/m0/s1. The summed E-state index contributed by atoms with van der Waals surface area (Å²) >= 11 is 9.46. The number of benzene rings is 7. The number of rotatable bonds is 15. The number of cyclic esters (lactones) is 1. The van der Waals surface area contributed by atoms with Crippen LogP contribution in [0.1, 0.15) is 89.1 Å². The summed E-state index contributed by atoms with van der Waals surface area (Å²) in [6.07, 6.45) is -0.0247. The Bertz CT molecular complexity index is 2920. The molecule has 0 saturated carbocycles. The van der Waals surface area contributed by atoms with Crippen molar-refractivity contribution in [3.63, 3.8) is 0 Å². The Balaban J connectivity index is 1.27. The number of carbonyl (C=O) groups is 4. The first-order valence-electron chi connectivity index (χ1n) is 26.0. The number of ether oxygens (including phenoxy) is 1. The topological polar surface area (TPSA) is 134 Å². The van der Waals surface area contributed by atoms with Crippen molar-refractivity contribution in [1.29, 1.82) is 0 Å². The van der Waals surface area contributed by atoms with Crippen LogP contribution in [0.5, 0.6) is 0 Å². The van der Waals surface area contributed by atoms with Crippen molar-refractivity contribution in [1.82, 2.24) is 16.0 Å². The number of esters is 1. The lowest BCUT2D eigenvalue weighted by molar-refractivity contribution is -0.157. The van der Waals surface area contributed by atoms with Crippen molar-refractivity contribution in [2.75, 3.05) is 11.5 Å². The average Bonchev–Trinajstić information content (AvgIpc) is 3.46. The maximum Gasteiger partial charge on any atom is 0.309 e. The second-order valence-electron chi connectivity index (χ2n) is 20.0. The molecule has 4 N–H and O–H groups in total. The van der Waals surface area contributed by atoms with Crippen LogP contribution in [-0.2, 0) is 35.8 Å². The first-order chi connectivity index (χ1) is 36.9. The van der Waals surface area contributed by atoms with E-state index in [1.54, 1.807) is 0 Å². The van der Waals surface area contributed by atoms with Crippen molar-refractivity contribution >= 4 is 54.5 Å². The van der Waals surface area contributed by atoms with Crippen LogP contribution < -0.4 is 16.0 Å². The van der Waals surface area contributed by atoms with Gasteiger partial charge in [0.05, 0.1) is 30.4 Å². The molecule has 1 saturated heterocycles. The van der Waals surface area contributed by atoms with Gasteiger partial charge < -0.3 is 25.8 Å². The van der Waals surface area contributed by atoms with E-state index >= 15 is 14.4 Å². The summed E-state index contributed by atoms with van der Waals surface area (Å²) in [4.78, 5) is 61.3. The second kappa shape index (κ2) is 25.6. The summed E-state index contributed by atoms with van der Waals surface area (Å²) in [7, 11) is 0. The van der Waals surface area contributed by atoms with Gasteiger partial charge in [-0.2, -0.15) is 25.3 Å². The van der Waals surface area contributed by atoms with Gasteiger partial charge in [0, 0.05) is 23.7 Å². The van der Waals surface area contributed by atoms with Crippen molar-refractivity contribution < 1.29 is 29.0 Å². The summed E-state index contributed by atoms with van der Waals surface area (Å²) in [6, 6.07) is 61.2. The number of aliphatic hydroxyl groups excluding tert-OH is 1. The van der Waals surface area contributed by atoms with Gasteiger partial charge in [0.1, 0.15) is 12.1 Å². The zero-order valence-corrected chi connectivity index (χ0v) is 45.0. The zero-order valence-electron chi connectivity index (χ0n) is 43.2. The molecular weight excluding hydrogens is 983 g/mol. The Morgan fingerprint density at radius 1 is 0.645 bits per heavy atom. The van der Waals surface area contributed by atoms with E-state index in [0.717, 1.165) is 27.8 Å². The molecule has 0 spiro atoms. The Kier molecular flexibility index (Phi) is 18.5. The van der Waals surface area contributed by atoms with Crippen LogP contribution in [0.15, 0.2) is 206 Å². The molecule has 5 atom stereocenters. The smallest absolute Gasteiger partial charge is 0.309 e. The van der Waals surface area contributed by atoms with E-state index in [1.807, 2.05) is 203 Å². The fraction of sp³-hybridized carbons (Fsp3) is 0.262. The molecule has 3 amide bonds. The molecule has 0 radical (unpaired) electrons. The Morgan fingerprint density at radius 2 is 1.13 bits per heavy atom. The van der Waals surface area contributed by atoms with Gasteiger partial charge in [0.15, 0.2) is 5.60 Å². The molecule has 390 valence electrons. The quantitative estimate of drug-likeness (QED) is 0.0344. The molecule has 11 heteroatoms. The van der Waals surface area contributed by atoms with E-state index in [0.29, 0.717) is 40.0 Å². The number of allylic oxidation sites excluding steroid dienone is 1. The van der Waals surface area contributed by atoms with Crippen molar-refractivity contribution in [2.45, 2.75) is 87.6 Å². The lowest BCUT2D eigenvalue weighted by Crippen LogP contribution is -2.64. The first-order valence-corrected chi connectivity index (χ1v) is 27.3. The number of aliphatic hydroxyl groups is 1. The minimum absolute atomic E-state index is 0.0516. The number of hydrogen-bond donors (Lipinski definition) is 6. The minimum Gasteiger partial charge on any atom is -0.453 e. The molecule has 9 nitrogen and oxygen atoms in total. The monoisotopic (exact) mass is 1050 g/mol. The minimum atomic E-state index is -1.72. The van der Waals surface area contributed by atoms with Crippen molar-refractivity contribution in [3.8, 4) is 0 Å². The van der Waals surface area contributed by atoms with E-state index < -0.39 is 77.7 Å². The lowest BCUT2D eigenvalue weighted by Gasteiger charge is -2.43. The fourth-order valence-electron chi connectivity index (χ4n) is 10.8. The summed E-state index contributed by atoms with van der Waals surface area (Å²) in [5.74, 6) is -2.85. The average molecular weight is 1050 g/mol. The molecule has 1 aliphatic heterocycles. The highest BCUT2D eigenvalue weighted by Crippen LogP contribution is 2.44. The highest BCUT2D eigenvalue weighted by atomic mass is 32.1. The maximum atomic E-state index is 15.7. The molecule has 0 bridgehead atoms. The van der Waals surface area contributed by atoms with Crippen LogP contribution in [0.2, 0.25) is 0 Å². The van der Waals surface area contributed by atoms with Crippen LogP contribution in [-0.4, -0.2) is 70.1 Å². The third-order valence-electron chi connectivity index (χ3n) is 14.5. The van der Waals surface area contributed by atoms with Gasteiger partial charge in [-0.15, -0.1) is 0 Å². The predicted octanol–water partition coefficient (Wildman–Crippen LogP) is 10.6. The van der Waals surface area contributed by atoms with E-state index in [-0.39, 0.29) is 18.1 Å². The molecule has 0 aromatic heterocycles. The van der Waals surface area contributed by atoms with E-state index in [4.69, 9.17) is 17.4 Å². The van der Waals surface area contributed by atoms with Crippen LogP contribution >= 0.6 is 25.3 Å². The predicted molar refractivity (Wildman–Crippen MR) is 309 cm³/mol. The summed E-state index contributed by atoms with van der Waals surface area (Å²) in [5.41, 5.74) is 5.25. The van der Waals surface area contributed by atoms with E-state index in [2.05, 4.69) is 52.8 Å². The highest BCUT2D eigenvalue weighted by Gasteiger charge is 2.50. The molecular formula is C65H67N3O6S2. The van der Waals surface area contributed by atoms with Gasteiger partial charge in [0.25, 0.3) is 0 Å². The number of thiol groups is 2. The Morgan fingerprint density at radius 3 is 1.61 bits per heavy atom. The molecule has 76 heavy (non-hydrogen) atoms. The molecule has 7 aromatic rings. The first kappa shape index (κ1) is 55.1. The largest absolute Gasteiger partial charge is 0.453 e. The Hall–Kier alpha value is -7.18. The Labute approximate surface area is 458 Å². The summed E-state index contributed by atoms with van der Waals surface area (Å²) < 4.78 is 6.59. The number of nitrogens with one attached hydrogen (secondary N) is 3. The second-order valence-corrected chi connectivity index (χ2v) is 20.8. The van der Waals surface area contributed by atoms with E-state index in [1.165, 1.54) is 0 Å². The van der Waals surface area contributed by atoms with Gasteiger partial charge in [-0.3, -0.25) is 19.2 Å². The van der Waals surface area contributed by atoms with Gasteiger partial charge in [0.2, 0.25) is 17.7 Å². The molecule has 1 fully saturated rings. The molecule has 7 aromatic carbocycles. The number of hydrogen-bond acceptors (Lipinski definition) is 8. The van der Waals surface area contributed by atoms with Gasteiger partial charge in [-0.25, -0.2) is 0 Å². The molecule has 8 rings (SSSR count). The van der Waals surface area contributed by atoms with Gasteiger partial charge in [-0.1, -0.05) is 226 Å². The molecule has 1 heterocycles. The molecule has 3 unspecified atom stereocenters. The third-order valence-corrected chi connectivity index (χ3v) is 15.3. The molecule has 0 aliphatic carbocycles. The third kappa shape index (κ3) is 12.6. The van der Waals surface area contributed by atoms with Crippen LogP contribution in [0, 0.1) is 12.8 Å². The highest BCUT2D eigenvalue weighted by molar-refractivity contribution is 7.80. The van der Waals surface area contributed by atoms with Gasteiger partial charge in [-0.05, 0) is 69.5 Å². The van der Waals surface area contributed by atoms with Crippen LogP contribution in [0.25, 0.3) is 5.57 Å². The maximum absolute atomic E-state index is 15.7. The number of carbonyl (C=O) groups excluding carboxylic acids is 4. The summed E-state index contributed by atoms with van der Waals surface area (Å²) in [6.45, 7) is 5.67. The van der Waals surface area contributed by atoms with Crippen LogP contribution in [0.3, 0.4) is 0 Å². The van der Waals surface area contributed by atoms with E-state index in [9.17, 15) is 9.90 Å². The van der Waals surface area contributed by atoms with Crippen LogP contribution in [0.4, 0.5) is 0 Å². The number of aryl methyl sites for hydroxylation is 1. The number of amides is 3. The zero-order chi connectivity index (χ0) is 53.7. The SMILES string of the molecule is Cc1ccc(CC2NC(=O)CC(CS)(C(=CCCS)c3ccc(C(c4ccccc4)c4ccccc4)cc3)OC(=O)C[C@H](O)[C@@H](C(C)C)NC(=O)C(C(c3ccccc3)(c3ccccc3)c3ccccc3)NC2=O)cc1. The van der Waals surface area contributed by atoms with Crippen molar-refractivity contribution in [3.05, 3.63) is 256 Å². The molecule has 1 aliphatic rings.